The highest BCUT2D eigenvalue weighted by atomic mass is 16.3. The van der Waals surface area contributed by atoms with Gasteiger partial charge in [-0.1, -0.05) is 12.1 Å². The average Bonchev–Trinajstić information content (AvgIpc) is 2.34. The Kier molecular flexibility index (Phi) is 3.33. The SMILES string of the molecule is Cc1ccc(C)c(N=Cc2ccc(O)c(O)c2)c1. The van der Waals surface area contributed by atoms with Crippen molar-refractivity contribution in [1.29, 1.82) is 0 Å². The minimum atomic E-state index is -0.139. The standard InChI is InChI=1S/C15H15NO2/c1-10-3-4-11(2)13(7-10)16-9-12-5-6-14(17)15(18)8-12/h3-9,17-18H,1-2H3. The molecule has 18 heavy (non-hydrogen) atoms. The van der Waals surface area contributed by atoms with Crippen molar-refractivity contribution in [3.8, 4) is 11.5 Å². The van der Waals surface area contributed by atoms with Crippen LogP contribution in [0.15, 0.2) is 41.4 Å². The first-order chi connectivity index (χ1) is 8.56. The van der Waals surface area contributed by atoms with Gasteiger partial charge < -0.3 is 10.2 Å². The molecule has 0 amide bonds. The highest BCUT2D eigenvalue weighted by Crippen LogP contribution is 2.25. The molecule has 0 unspecified atom stereocenters. The molecule has 0 fully saturated rings. The molecule has 2 rings (SSSR count). The van der Waals surface area contributed by atoms with Gasteiger partial charge in [-0.2, -0.15) is 0 Å². The number of hydrogen-bond acceptors (Lipinski definition) is 3. The molecule has 0 aliphatic rings. The smallest absolute Gasteiger partial charge is 0.158 e. The van der Waals surface area contributed by atoms with Crippen molar-refractivity contribution in [2.24, 2.45) is 4.99 Å². The zero-order valence-corrected chi connectivity index (χ0v) is 10.4. The summed E-state index contributed by atoms with van der Waals surface area (Å²) in [5, 5.41) is 18.6. The van der Waals surface area contributed by atoms with E-state index in [4.69, 9.17) is 0 Å². The Labute approximate surface area is 106 Å². The van der Waals surface area contributed by atoms with E-state index in [0.717, 1.165) is 22.4 Å². The van der Waals surface area contributed by atoms with Crippen molar-refractivity contribution in [2.75, 3.05) is 0 Å². The van der Waals surface area contributed by atoms with Crippen LogP contribution in [-0.2, 0) is 0 Å². The van der Waals surface area contributed by atoms with E-state index in [-0.39, 0.29) is 11.5 Å². The van der Waals surface area contributed by atoms with Gasteiger partial charge in [-0.25, -0.2) is 0 Å². The lowest BCUT2D eigenvalue weighted by Crippen LogP contribution is -1.82. The van der Waals surface area contributed by atoms with Crippen molar-refractivity contribution >= 4 is 11.9 Å². The summed E-state index contributed by atoms with van der Waals surface area (Å²) in [5.74, 6) is -0.265. The van der Waals surface area contributed by atoms with E-state index in [1.54, 1.807) is 12.3 Å². The van der Waals surface area contributed by atoms with Gasteiger partial charge >= 0.3 is 0 Å². The molecular formula is C15H15NO2. The van der Waals surface area contributed by atoms with Crippen molar-refractivity contribution in [3.63, 3.8) is 0 Å². The van der Waals surface area contributed by atoms with Gasteiger partial charge in [0.2, 0.25) is 0 Å². The van der Waals surface area contributed by atoms with Gasteiger partial charge in [-0.05, 0) is 54.8 Å². The van der Waals surface area contributed by atoms with E-state index in [1.807, 2.05) is 32.0 Å². The van der Waals surface area contributed by atoms with Crippen LogP contribution in [0.4, 0.5) is 5.69 Å². The number of phenols is 2. The van der Waals surface area contributed by atoms with Crippen LogP contribution in [-0.4, -0.2) is 16.4 Å². The number of phenolic OH excluding ortho intramolecular Hbond substituents is 2. The van der Waals surface area contributed by atoms with Crippen molar-refractivity contribution in [2.45, 2.75) is 13.8 Å². The Morgan fingerprint density at radius 3 is 2.44 bits per heavy atom. The summed E-state index contributed by atoms with van der Waals surface area (Å²) in [5.41, 5.74) is 3.90. The van der Waals surface area contributed by atoms with E-state index in [2.05, 4.69) is 4.99 Å². The minimum Gasteiger partial charge on any atom is -0.504 e. The summed E-state index contributed by atoms with van der Waals surface area (Å²) in [6.45, 7) is 4.02. The second kappa shape index (κ2) is 4.92. The third-order valence-electron chi connectivity index (χ3n) is 2.72. The van der Waals surface area contributed by atoms with Crippen LogP contribution in [0.3, 0.4) is 0 Å². The molecule has 0 atom stereocenters. The molecular weight excluding hydrogens is 226 g/mol. The molecule has 3 nitrogen and oxygen atoms in total. The van der Waals surface area contributed by atoms with E-state index in [0.29, 0.717) is 0 Å². The van der Waals surface area contributed by atoms with Crippen LogP contribution in [0.2, 0.25) is 0 Å². The normalized spacial score (nSPS) is 11.0. The molecule has 0 heterocycles. The second-order valence-corrected chi connectivity index (χ2v) is 4.30. The fourth-order valence-corrected chi connectivity index (χ4v) is 1.62. The van der Waals surface area contributed by atoms with Gasteiger partial charge in [0.1, 0.15) is 0 Å². The molecule has 0 bridgehead atoms. The molecule has 92 valence electrons. The summed E-state index contributed by atoms with van der Waals surface area (Å²) in [6.07, 6.45) is 1.67. The fourth-order valence-electron chi connectivity index (χ4n) is 1.62. The summed E-state index contributed by atoms with van der Waals surface area (Å²) >= 11 is 0. The van der Waals surface area contributed by atoms with Crippen LogP contribution >= 0.6 is 0 Å². The van der Waals surface area contributed by atoms with Gasteiger partial charge in [0.15, 0.2) is 11.5 Å². The maximum atomic E-state index is 9.38. The molecule has 0 radical (unpaired) electrons. The fraction of sp³-hybridized carbons (Fsp3) is 0.133. The molecule has 2 aromatic rings. The van der Waals surface area contributed by atoms with Crippen LogP contribution in [0.5, 0.6) is 11.5 Å². The summed E-state index contributed by atoms with van der Waals surface area (Å²) in [4.78, 5) is 4.39. The van der Waals surface area contributed by atoms with Gasteiger partial charge in [-0.3, -0.25) is 4.99 Å². The Balaban J connectivity index is 2.29. The van der Waals surface area contributed by atoms with Crippen LogP contribution in [0.1, 0.15) is 16.7 Å². The van der Waals surface area contributed by atoms with Gasteiger partial charge in [0, 0.05) is 6.21 Å². The monoisotopic (exact) mass is 241 g/mol. The molecule has 0 spiro atoms. The topological polar surface area (TPSA) is 52.8 Å². The highest BCUT2D eigenvalue weighted by Gasteiger charge is 1.99. The van der Waals surface area contributed by atoms with Gasteiger partial charge in [-0.15, -0.1) is 0 Å². The van der Waals surface area contributed by atoms with E-state index in [9.17, 15) is 10.2 Å². The van der Waals surface area contributed by atoms with Crippen LogP contribution in [0.25, 0.3) is 0 Å². The zero-order chi connectivity index (χ0) is 13.1. The first-order valence-electron chi connectivity index (χ1n) is 5.69. The summed E-state index contributed by atoms with van der Waals surface area (Å²) in [6, 6.07) is 10.7. The van der Waals surface area contributed by atoms with E-state index >= 15 is 0 Å². The van der Waals surface area contributed by atoms with Crippen molar-refractivity contribution in [1.82, 2.24) is 0 Å². The predicted octanol–water partition coefficient (Wildman–Crippen LogP) is 3.47. The lowest BCUT2D eigenvalue weighted by molar-refractivity contribution is 0.403. The molecule has 0 aliphatic carbocycles. The maximum Gasteiger partial charge on any atom is 0.158 e. The molecule has 0 aliphatic heterocycles. The number of aromatic hydroxyl groups is 2. The summed E-state index contributed by atoms with van der Waals surface area (Å²) in [7, 11) is 0. The summed E-state index contributed by atoms with van der Waals surface area (Å²) < 4.78 is 0. The lowest BCUT2D eigenvalue weighted by Gasteiger charge is -2.02. The average molecular weight is 241 g/mol. The first kappa shape index (κ1) is 12.2. The maximum absolute atomic E-state index is 9.38. The van der Waals surface area contributed by atoms with Crippen LogP contribution in [0, 0.1) is 13.8 Å². The Morgan fingerprint density at radius 2 is 1.72 bits per heavy atom. The number of aryl methyl sites for hydroxylation is 2. The van der Waals surface area contributed by atoms with Crippen molar-refractivity contribution in [3.05, 3.63) is 53.1 Å². The highest BCUT2D eigenvalue weighted by molar-refractivity contribution is 5.83. The lowest BCUT2D eigenvalue weighted by atomic mass is 10.1. The van der Waals surface area contributed by atoms with E-state index in [1.165, 1.54) is 12.1 Å². The molecule has 3 heteroatoms. The number of hydrogen-bond donors (Lipinski definition) is 2. The molecule has 2 N–H and O–H groups in total. The number of aliphatic imine (C=N–C) groups is 1. The number of benzene rings is 2. The van der Waals surface area contributed by atoms with Gasteiger partial charge in [0.05, 0.1) is 5.69 Å². The molecule has 0 saturated carbocycles. The Bertz CT molecular complexity index is 603. The molecule has 0 aromatic heterocycles. The van der Waals surface area contributed by atoms with Crippen molar-refractivity contribution < 1.29 is 10.2 Å². The second-order valence-electron chi connectivity index (χ2n) is 4.30. The number of nitrogens with zero attached hydrogens (tertiary/aromatic N) is 1. The third kappa shape index (κ3) is 2.69. The largest absolute Gasteiger partial charge is 0.504 e. The quantitative estimate of drug-likeness (QED) is 0.625. The Hall–Kier alpha value is -2.29. The van der Waals surface area contributed by atoms with Crippen LogP contribution < -0.4 is 0 Å². The first-order valence-corrected chi connectivity index (χ1v) is 5.69. The Morgan fingerprint density at radius 1 is 0.944 bits per heavy atom. The molecule has 2 aromatic carbocycles. The zero-order valence-electron chi connectivity index (χ0n) is 10.4. The van der Waals surface area contributed by atoms with Gasteiger partial charge in [0.25, 0.3) is 0 Å². The molecule has 0 saturated heterocycles. The number of rotatable bonds is 2. The minimum absolute atomic E-state index is 0.126. The van der Waals surface area contributed by atoms with E-state index < -0.39 is 0 Å². The predicted molar refractivity (Wildman–Crippen MR) is 72.9 cm³/mol. The third-order valence-corrected chi connectivity index (χ3v) is 2.72.